The van der Waals surface area contributed by atoms with Crippen molar-refractivity contribution < 1.29 is 22.0 Å². The minimum absolute atomic E-state index is 0.0256. The van der Waals surface area contributed by atoms with E-state index in [2.05, 4.69) is 15.0 Å². The Bertz CT molecular complexity index is 1340. The molecule has 0 saturated heterocycles. The van der Waals surface area contributed by atoms with Gasteiger partial charge in [0.2, 0.25) is 0 Å². The molecule has 4 rings (SSSR count). The molecule has 1 aromatic heterocycles. The summed E-state index contributed by atoms with van der Waals surface area (Å²) in [4.78, 5) is 16.5. The van der Waals surface area contributed by atoms with Gasteiger partial charge in [0.05, 0.1) is 9.60 Å². The first kappa shape index (κ1) is 19.9. The molecule has 0 radical (unpaired) electrons. The van der Waals surface area contributed by atoms with Crippen LogP contribution in [0.3, 0.4) is 0 Å². The molecule has 30 heavy (non-hydrogen) atoms. The number of hydrogen-bond donors (Lipinski definition) is 2. The van der Waals surface area contributed by atoms with Crippen LogP contribution in [0.5, 0.6) is 0 Å². The third-order valence-electron chi connectivity index (χ3n) is 4.09. The summed E-state index contributed by atoms with van der Waals surface area (Å²) < 4.78 is 54.5. The van der Waals surface area contributed by atoms with Gasteiger partial charge in [0, 0.05) is 17.3 Å². The molecule has 0 aliphatic heterocycles. The Hall–Kier alpha value is -3.37. The Morgan fingerprint density at radius 1 is 0.967 bits per heavy atom. The fourth-order valence-electron chi connectivity index (χ4n) is 2.68. The first-order chi connectivity index (χ1) is 14.3. The van der Waals surface area contributed by atoms with Crippen LogP contribution in [-0.2, 0) is 10.0 Å². The molecule has 3 aromatic carbocycles. The number of nitrogens with zero attached hydrogens (tertiary/aromatic N) is 1. The van der Waals surface area contributed by atoms with Gasteiger partial charge in [-0.05, 0) is 42.5 Å². The molecule has 0 unspecified atom stereocenters. The van der Waals surface area contributed by atoms with Crippen molar-refractivity contribution in [1.82, 2.24) is 4.98 Å². The highest BCUT2D eigenvalue weighted by Gasteiger charge is 2.15. The fourth-order valence-corrected chi connectivity index (χ4v) is 4.66. The lowest BCUT2D eigenvalue weighted by molar-refractivity contribution is 0.102. The zero-order valence-electron chi connectivity index (χ0n) is 15.1. The van der Waals surface area contributed by atoms with Crippen molar-refractivity contribution in [1.29, 1.82) is 0 Å². The summed E-state index contributed by atoms with van der Waals surface area (Å²) in [5.41, 5.74) is 0.499. The van der Waals surface area contributed by atoms with Gasteiger partial charge >= 0.3 is 0 Å². The van der Waals surface area contributed by atoms with Gasteiger partial charge in [-0.2, -0.15) is 0 Å². The SMILES string of the molecule is O=C(Nc1nc2c(F)cc(F)cc2s1)c1ccc(NS(=O)(=O)c2ccccc2)cc1. The maximum Gasteiger partial charge on any atom is 0.261 e. The fraction of sp³-hybridized carbons (Fsp3) is 0. The number of amides is 1. The average Bonchev–Trinajstić information content (AvgIpc) is 3.11. The predicted octanol–water partition coefficient (Wildman–Crippen LogP) is 4.63. The Morgan fingerprint density at radius 2 is 1.67 bits per heavy atom. The summed E-state index contributed by atoms with van der Waals surface area (Å²) in [7, 11) is -3.74. The van der Waals surface area contributed by atoms with Crippen LogP contribution >= 0.6 is 11.3 Å². The van der Waals surface area contributed by atoms with Crippen LogP contribution < -0.4 is 10.0 Å². The maximum absolute atomic E-state index is 13.8. The van der Waals surface area contributed by atoms with E-state index in [9.17, 15) is 22.0 Å². The molecule has 0 bridgehead atoms. The van der Waals surface area contributed by atoms with Crippen LogP contribution in [0, 0.1) is 11.6 Å². The molecule has 0 spiro atoms. The van der Waals surface area contributed by atoms with E-state index in [-0.39, 0.29) is 31.5 Å². The second kappa shape index (κ2) is 7.81. The van der Waals surface area contributed by atoms with Gasteiger partial charge < -0.3 is 0 Å². The summed E-state index contributed by atoms with van der Waals surface area (Å²) in [6, 6.07) is 15.5. The minimum atomic E-state index is -3.74. The third-order valence-corrected chi connectivity index (χ3v) is 6.40. The van der Waals surface area contributed by atoms with E-state index in [1.165, 1.54) is 36.4 Å². The highest BCUT2D eigenvalue weighted by molar-refractivity contribution is 7.92. The molecular formula is C20H13F2N3O3S2. The van der Waals surface area contributed by atoms with Crippen LogP contribution in [0.2, 0.25) is 0 Å². The molecule has 0 aliphatic rings. The second-order valence-electron chi connectivity index (χ2n) is 6.20. The van der Waals surface area contributed by atoms with Crippen molar-refractivity contribution >= 4 is 48.3 Å². The smallest absolute Gasteiger partial charge is 0.261 e. The number of carbonyl (C=O) groups is 1. The lowest BCUT2D eigenvalue weighted by atomic mass is 10.2. The number of nitrogens with one attached hydrogen (secondary N) is 2. The van der Waals surface area contributed by atoms with Crippen molar-refractivity contribution in [2.24, 2.45) is 0 Å². The number of fused-ring (bicyclic) bond motifs is 1. The molecule has 0 atom stereocenters. The van der Waals surface area contributed by atoms with E-state index in [4.69, 9.17) is 0 Å². The molecule has 0 aliphatic carbocycles. The van der Waals surface area contributed by atoms with Crippen molar-refractivity contribution in [3.8, 4) is 0 Å². The van der Waals surface area contributed by atoms with Crippen molar-refractivity contribution in [3.05, 3.63) is 83.9 Å². The zero-order valence-corrected chi connectivity index (χ0v) is 16.7. The highest BCUT2D eigenvalue weighted by Crippen LogP contribution is 2.29. The van der Waals surface area contributed by atoms with E-state index in [0.717, 1.165) is 23.5 Å². The van der Waals surface area contributed by atoms with Crippen LogP contribution in [0.15, 0.2) is 71.6 Å². The monoisotopic (exact) mass is 445 g/mol. The Kier molecular flexibility index (Phi) is 5.18. The number of benzene rings is 3. The summed E-state index contributed by atoms with van der Waals surface area (Å²) in [6.07, 6.45) is 0. The van der Waals surface area contributed by atoms with Crippen LogP contribution in [0.25, 0.3) is 10.2 Å². The molecule has 0 fully saturated rings. The number of carbonyl (C=O) groups excluding carboxylic acids is 1. The van der Waals surface area contributed by atoms with Crippen molar-refractivity contribution in [3.63, 3.8) is 0 Å². The molecule has 2 N–H and O–H groups in total. The molecular weight excluding hydrogens is 432 g/mol. The highest BCUT2D eigenvalue weighted by atomic mass is 32.2. The Morgan fingerprint density at radius 3 is 2.37 bits per heavy atom. The molecule has 1 heterocycles. The molecule has 4 aromatic rings. The number of thiazole rings is 1. The summed E-state index contributed by atoms with van der Waals surface area (Å²) >= 11 is 0.943. The Labute approximate surface area is 174 Å². The van der Waals surface area contributed by atoms with Gasteiger partial charge in [-0.1, -0.05) is 29.5 Å². The van der Waals surface area contributed by atoms with Crippen LogP contribution in [0.1, 0.15) is 10.4 Å². The molecule has 10 heteroatoms. The van der Waals surface area contributed by atoms with Gasteiger partial charge in [-0.25, -0.2) is 22.2 Å². The first-order valence-corrected chi connectivity index (χ1v) is 10.9. The lowest BCUT2D eigenvalue weighted by Gasteiger charge is -2.08. The topological polar surface area (TPSA) is 88.2 Å². The van der Waals surface area contributed by atoms with E-state index in [1.54, 1.807) is 18.2 Å². The van der Waals surface area contributed by atoms with Gasteiger partial charge in [0.1, 0.15) is 11.3 Å². The van der Waals surface area contributed by atoms with Gasteiger partial charge in [-0.3, -0.25) is 14.8 Å². The van der Waals surface area contributed by atoms with Gasteiger partial charge in [0.15, 0.2) is 10.9 Å². The normalized spacial score (nSPS) is 11.4. The lowest BCUT2D eigenvalue weighted by Crippen LogP contribution is -2.14. The van der Waals surface area contributed by atoms with E-state index < -0.39 is 27.6 Å². The molecule has 6 nitrogen and oxygen atoms in total. The number of anilines is 2. The number of halogens is 2. The van der Waals surface area contributed by atoms with Crippen molar-refractivity contribution in [2.75, 3.05) is 10.0 Å². The molecule has 152 valence electrons. The van der Waals surface area contributed by atoms with Crippen LogP contribution in [-0.4, -0.2) is 19.3 Å². The zero-order chi connectivity index (χ0) is 21.3. The Balaban J connectivity index is 1.49. The first-order valence-electron chi connectivity index (χ1n) is 8.57. The number of sulfonamides is 1. The largest absolute Gasteiger partial charge is 0.298 e. The minimum Gasteiger partial charge on any atom is -0.298 e. The van der Waals surface area contributed by atoms with Gasteiger partial charge in [-0.15, -0.1) is 0 Å². The van der Waals surface area contributed by atoms with Crippen LogP contribution in [0.4, 0.5) is 19.6 Å². The maximum atomic E-state index is 13.8. The van der Waals surface area contributed by atoms with E-state index in [1.807, 2.05) is 0 Å². The summed E-state index contributed by atoms with van der Waals surface area (Å²) in [5.74, 6) is -2.06. The molecule has 1 amide bonds. The average molecular weight is 445 g/mol. The van der Waals surface area contributed by atoms with E-state index >= 15 is 0 Å². The standard InChI is InChI=1S/C20H13F2N3O3S2/c21-13-10-16(22)18-17(11-13)29-20(23-18)24-19(26)12-6-8-14(9-7-12)25-30(27,28)15-4-2-1-3-5-15/h1-11,25H,(H,23,24,26). The summed E-state index contributed by atoms with van der Waals surface area (Å²) in [6.45, 7) is 0. The third kappa shape index (κ3) is 4.14. The van der Waals surface area contributed by atoms with E-state index in [0.29, 0.717) is 0 Å². The summed E-state index contributed by atoms with van der Waals surface area (Å²) in [5, 5.41) is 2.65. The predicted molar refractivity (Wildman–Crippen MR) is 111 cm³/mol. The van der Waals surface area contributed by atoms with Gasteiger partial charge in [0.25, 0.3) is 15.9 Å². The number of aromatic nitrogens is 1. The quantitative estimate of drug-likeness (QED) is 0.469. The molecule has 0 saturated carbocycles. The number of rotatable bonds is 5. The number of hydrogen-bond acceptors (Lipinski definition) is 5. The second-order valence-corrected chi connectivity index (χ2v) is 8.92. The van der Waals surface area contributed by atoms with Crippen molar-refractivity contribution in [2.45, 2.75) is 4.90 Å².